The molecular formula is C22H22N2O4. The van der Waals surface area contributed by atoms with Crippen molar-refractivity contribution in [2.45, 2.75) is 25.7 Å². The second-order valence-corrected chi connectivity index (χ2v) is 6.66. The van der Waals surface area contributed by atoms with Gasteiger partial charge in [0.15, 0.2) is 0 Å². The van der Waals surface area contributed by atoms with Gasteiger partial charge in [0.25, 0.3) is 0 Å². The monoisotopic (exact) mass is 378 g/mol. The Morgan fingerprint density at radius 1 is 1.07 bits per heavy atom. The third kappa shape index (κ3) is 4.72. The zero-order valence-corrected chi connectivity index (χ0v) is 15.4. The summed E-state index contributed by atoms with van der Waals surface area (Å²) in [6.45, 7) is 1.30. The average Bonchev–Trinajstić information content (AvgIpc) is 3.36. The SMILES string of the molecule is O=C(NC[C@H]1Cc2ccccc2O1)Nc1cccc(COCc2ccco2)c1. The van der Waals surface area contributed by atoms with E-state index in [1.54, 1.807) is 6.26 Å². The van der Waals surface area contributed by atoms with Crippen molar-refractivity contribution in [3.8, 4) is 5.75 Å². The molecule has 0 fully saturated rings. The first-order chi connectivity index (χ1) is 13.8. The standard InChI is InChI=1S/C22H22N2O4/c25-22(23-13-20-12-17-6-1-2-9-21(17)28-20)24-18-7-3-5-16(11-18)14-26-15-19-8-4-10-27-19/h1-11,20H,12-15H2,(H2,23,24,25)/t20-/m1/s1. The van der Waals surface area contributed by atoms with Crippen LogP contribution in [0.2, 0.25) is 0 Å². The van der Waals surface area contributed by atoms with Gasteiger partial charge in [-0.25, -0.2) is 4.79 Å². The van der Waals surface area contributed by atoms with Crippen LogP contribution >= 0.6 is 0 Å². The van der Waals surface area contributed by atoms with Crippen LogP contribution in [0.3, 0.4) is 0 Å². The van der Waals surface area contributed by atoms with Crippen LogP contribution in [0.5, 0.6) is 5.75 Å². The molecule has 0 spiro atoms. The normalized spacial score (nSPS) is 14.9. The van der Waals surface area contributed by atoms with E-state index in [9.17, 15) is 4.79 Å². The highest BCUT2D eigenvalue weighted by Crippen LogP contribution is 2.27. The number of amides is 2. The van der Waals surface area contributed by atoms with Crippen LogP contribution in [-0.4, -0.2) is 18.7 Å². The fourth-order valence-corrected chi connectivity index (χ4v) is 3.15. The molecule has 0 saturated carbocycles. The summed E-state index contributed by atoms with van der Waals surface area (Å²) in [6, 6.07) is 19.0. The Hall–Kier alpha value is -3.25. The number of urea groups is 1. The van der Waals surface area contributed by atoms with Crippen molar-refractivity contribution in [2.75, 3.05) is 11.9 Å². The van der Waals surface area contributed by atoms with E-state index < -0.39 is 0 Å². The van der Waals surface area contributed by atoms with Gasteiger partial charge in [0.1, 0.15) is 24.2 Å². The van der Waals surface area contributed by atoms with E-state index in [-0.39, 0.29) is 12.1 Å². The smallest absolute Gasteiger partial charge is 0.319 e. The Kier molecular flexibility index (Phi) is 5.58. The summed E-state index contributed by atoms with van der Waals surface area (Å²) in [5, 5.41) is 5.72. The summed E-state index contributed by atoms with van der Waals surface area (Å²) in [4.78, 5) is 12.2. The molecule has 3 aromatic rings. The van der Waals surface area contributed by atoms with Crippen LogP contribution < -0.4 is 15.4 Å². The lowest BCUT2D eigenvalue weighted by molar-refractivity contribution is 0.0930. The molecular weight excluding hydrogens is 356 g/mol. The quantitative estimate of drug-likeness (QED) is 0.649. The summed E-state index contributed by atoms with van der Waals surface area (Å²) in [6.07, 6.45) is 2.39. The third-order valence-corrected chi connectivity index (χ3v) is 4.48. The van der Waals surface area contributed by atoms with Gasteiger partial charge in [-0.1, -0.05) is 30.3 Å². The molecule has 2 heterocycles. The summed E-state index contributed by atoms with van der Waals surface area (Å²) < 4.78 is 16.7. The number of benzene rings is 2. The number of anilines is 1. The van der Waals surface area contributed by atoms with Gasteiger partial charge >= 0.3 is 6.03 Å². The number of hydrogen-bond donors (Lipinski definition) is 2. The number of furan rings is 1. The third-order valence-electron chi connectivity index (χ3n) is 4.48. The minimum absolute atomic E-state index is 0.0375. The number of rotatable bonds is 7. The number of fused-ring (bicyclic) bond motifs is 1. The maximum Gasteiger partial charge on any atom is 0.319 e. The second kappa shape index (κ2) is 8.63. The van der Waals surface area contributed by atoms with E-state index in [2.05, 4.69) is 16.7 Å². The van der Waals surface area contributed by atoms with E-state index in [4.69, 9.17) is 13.9 Å². The molecule has 144 valence electrons. The van der Waals surface area contributed by atoms with E-state index in [0.29, 0.717) is 25.4 Å². The molecule has 0 radical (unpaired) electrons. The lowest BCUT2D eigenvalue weighted by atomic mass is 10.1. The summed E-state index contributed by atoms with van der Waals surface area (Å²) in [7, 11) is 0. The molecule has 28 heavy (non-hydrogen) atoms. The zero-order valence-electron chi connectivity index (χ0n) is 15.4. The van der Waals surface area contributed by atoms with Crippen molar-refractivity contribution in [2.24, 2.45) is 0 Å². The molecule has 0 unspecified atom stereocenters. The van der Waals surface area contributed by atoms with E-state index in [1.165, 1.54) is 5.56 Å². The van der Waals surface area contributed by atoms with Crippen LogP contribution in [0, 0.1) is 0 Å². The van der Waals surface area contributed by atoms with Crippen molar-refractivity contribution < 1.29 is 18.7 Å². The maximum atomic E-state index is 12.2. The maximum absolute atomic E-state index is 12.2. The van der Waals surface area contributed by atoms with E-state index >= 15 is 0 Å². The lowest BCUT2D eigenvalue weighted by Crippen LogP contribution is -2.37. The molecule has 4 rings (SSSR count). The number of nitrogens with one attached hydrogen (secondary N) is 2. The van der Waals surface area contributed by atoms with Crippen LogP contribution in [0.4, 0.5) is 10.5 Å². The minimum Gasteiger partial charge on any atom is -0.488 e. The Morgan fingerprint density at radius 2 is 2.00 bits per heavy atom. The van der Waals surface area contributed by atoms with Crippen molar-refractivity contribution >= 4 is 11.7 Å². The largest absolute Gasteiger partial charge is 0.488 e. The minimum atomic E-state index is -0.256. The predicted octanol–water partition coefficient (Wildman–Crippen LogP) is 4.12. The fraction of sp³-hybridized carbons (Fsp3) is 0.227. The Balaban J connectivity index is 1.22. The summed E-state index contributed by atoms with van der Waals surface area (Å²) in [5.74, 6) is 1.68. The summed E-state index contributed by atoms with van der Waals surface area (Å²) >= 11 is 0. The lowest BCUT2D eigenvalue weighted by Gasteiger charge is -2.13. The molecule has 0 bridgehead atoms. The molecule has 2 aromatic carbocycles. The van der Waals surface area contributed by atoms with E-state index in [0.717, 1.165) is 23.5 Å². The van der Waals surface area contributed by atoms with Gasteiger partial charge in [0.2, 0.25) is 0 Å². The summed E-state index contributed by atoms with van der Waals surface area (Å²) in [5.41, 5.74) is 2.86. The van der Waals surface area contributed by atoms with Crippen molar-refractivity contribution in [3.63, 3.8) is 0 Å². The Labute approximate surface area is 163 Å². The topological polar surface area (TPSA) is 72.7 Å². The highest BCUT2D eigenvalue weighted by Gasteiger charge is 2.22. The van der Waals surface area contributed by atoms with Gasteiger partial charge in [-0.15, -0.1) is 0 Å². The van der Waals surface area contributed by atoms with Crippen molar-refractivity contribution in [1.29, 1.82) is 0 Å². The number of para-hydroxylation sites is 1. The van der Waals surface area contributed by atoms with Gasteiger partial charge in [-0.05, 0) is 41.5 Å². The van der Waals surface area contributed by atoms with Gasteiger partial charge in [-0.2, -0.15) is 0 Å². The first-order valence-electron chi connectivity index (χ1n) is 9.25. The highest BCUT2D eigenvalue weighted by molar-refractivity contribution is 5.89. The first kappa shape index (κ1) is 18.1. The van der Waals surface area contributed by atoms with Crippen LogP contribution in [-0.2, 0) is 24.4 Å². The molecule has 1 aromatic heterocycles. The van der Waals surface area contributed by atoms with Crippen molar-refractivity contribution in [1.82, 2.24) is 5.32 Å². The number of ether oxygens (including phenoxy) is 2. The van der Waals surface area contributed by atoms with E-state index in [1.807, 2.05) is 54.6 Å². The van der Waals surface area contributed by atoms with Crippen LogP contribution in [0.25, 0.3) is 0 Å². The molecule has 0 saturated heterocycles. The average molecular weight is 378 g/mol. The molecule has 6 heteroatoms. The molecule has 6 nitrogen and oxygen atoms in total. The number of carbonyl (C=O) groups excluding carboxylic acids is 1. The van der Waals surface area contributed by atoms with Gasteiger partial charge in [0, 0.05) is 12.1 Å². The fourth-order valence-electron chi connectivity index (χ4n) is 3.15. The molecule has 0 aliphatic carbocycles. The molecule has 1 aliphatic heterocycles. The Morgan fingerprint density at radius 3 is 2.86 bits per heavy atom. The first-order valence-corrected chi connectivity index (χ1v) is 9.25. The van der Waals surface area contributed by atoms with Crippen LogP contribution in [0.1, 0.15) is 16.9 Å². The van der Waals surface area contributed by atoms with Crippen LogP contribution in [0.15, 0.2) is 71.3 Å². The molecule has 1 atom stereocenters. The van der Waals surface area contributed by atoms with Gasteiger partial charge in [-0.3, -0.25) is 0 Å². The molecule has 2 amide bonds. The zero-order chi connectivity index (χ0) is 19.2. The predicted molar refractivity (Wildman–Crippen MR) is 105 cm³/mol. The number of hydrogen-bond acceptors (Lipinski definition) is 4. The highest BCUT2D eigenvalue weighted by atomic mass is 16.5. The van der Waals surface area contributed by atoms with Gasteiger partial charge < -0.3 is 24.5 Å². The van der Waals surface area contributed by atoms with Crippen molar-refractivity contribution in [3.05, 3.63) is 83.8 Å². The molecule has 2 N–H and O–H groups in total. The molecule has 1 aliphatic rings. The second-order valence-electron chi connectivity index (χ2n) is 6.66. The van der Waals surface area contributed by atoms with Gasteiger partial charge in [0.05, 0.1) is 19.4 Å². The number of carbonyl (C=O) groups is 1. The Bertz CT molecular complexity index is 899.